The Morgan fingerprint density at radius 2 is 1.83 bits per heavy atom. The molecule has 1 unspecified atom stereocenters. The molecule has 18 heavy (non-hydrogen) atoms. The predicted molar refractivity (Wildman–Crippen MR) is 63.4 cm³/mol. The smallest absolute Gasteiger partial charge is 0.305 e. The van der Waals surface area contributed by atoms with E-state index in [0.717, 1.165) is 12.8 Å². The maximum atomic E-state index is 11.8. The highest BCUT2D eigenvalue weighted by molar-refractivity contribution is 5.88. The molecule has 0 aromatic carbocycles. The molecule has 0 saturated heterocycles. The van der Waals surface area contributed by atoms with Crippen molar-refractivity contribution >= 4 is 17.8 Å². The Hall–Kier alpha value is -1.63. The van der Waals surface area contributed by atoms with Gasteiger partial charge in [0.05, 0.1) is 24.4 Å². The number of rotatable bonds is 6. The SMILES string of the molecule is NC(=O)CC(N)C(=O)NC1(CC(=O)O)CCCC1. The van der Waals surface area contributed by atoms with Gasteiger partial charge in [0.1, 0.15) is 0 Å². The number of nitrogens with two attached hydrogens (primary N) is 2. The van der Waals surface area contributed by atoms with E-state index in [1.165, 1.54) is 0 Å². The topological polar surface area (TPSA) is 136 Å². The Labute approximate surface area is 105 Å². The first-order valence-corrected chi connectivity index (χ1v) is 5.92. The fourth-order valence-corrected chi connectivity index (χ4v) is 2.35. The van der Waals surface area contributed by atoms with Gasteiger partial charge in [-0.15, -0.1) is 0 Å². The van der Waals surface area contributed by atoms with Crippen molar-refractivity contribution < 1.29 is 19.5 Å². The summed E-state index contributed by atoms with van der Waals surface area (Å²) in [6.45, 7) is 0. The Kier molecular flexibility index (Phi) is 4.66. The van der Waals surface area contributed by atoms with Crippen LogP contribution in [0.5, 0.6) is 0 Å². The molecule has 0 aromatic heterocycles. The Balaban J connectivity index is 2.63. The van der Waals surface area contributed by atoms with Crippen molar-refractivity contribution in [1.29, 1.82) is 0 Å². The van der Waals surface area contributed by atoms with Gasteiger partial charge < -0.3 is 21.9 Å². The zero-order valence-corrected chi connectivity index (χ0v) is 10.1. The molecule has 0 radical (unpaired) electrons. The number of primary amides is 1. The van der Waals surface area contributed by atoms with Crippen LogP contribution in [0, 0.1) is 0 Å². The van der Waals surface area contributed by atoms with Crippen molar-refractivity contribution in [3.8, 4) is 0 Å². The molecule has 1 rings (SSSR count). The summed E-state index contributed by atoms with van der Waals surface area (Å²) < 4.78 is 0. The summed E-state index contributed by atoms with van der Waals surface area (Å²) in [6.07, 6.45) is 2.62. The third-order valence-electron chi connectivity index (χ3n) is 3.20. The molecule has 1 fully saturated rings. The van der Waals surface area contributed by atoms with Crippen LogP contribution < -0.4 is 16.8 Å². The maximum Gasteiger partial charge on any atom is 0.305 e. The molecular weight excluding hydrogens is 238 g/mol. The van der Waals surface area contributed by atoms with Crippen LogP contribution in [-0.4, -0.2) is 34.5 Å². The molecule has 7 nitrogen and oxygen atoms in total. The van der Waals surface area contributed by atoms with Gasteiger partial charge in [-0.25, -0.2) is 0 Å². The van der Waals surface area contributed by atoms with Gasteiger partial charge in [-0.2, -0.15) is 0 Å². The summed E-state index contributed by atoms with van der Waals surface area (Å²) in [7, 11) is 0. The molecular formula is C11H19N3O4. The van der Waals surface area contributed by atoms with Gasteiger partial charge in [0, 0.05) is 0 Å². The third-order valence-corrected chi connectivity index (χ3v) is 3.20. The summed E-state index contributed by atoms with van der Waals surface area (Å²) in [6, 6.07) is -1.02. The lowest BCUT2D eigenvalue weighted by molar-refractivity contribution is -0.139. The molecule has 1 aliphatic carbocycles. The number of carbonyl (C=O) groups excluding carboxylic acids is 2. The molecule has 2 amide bonds. The highest BCUT2D eigenvalue weighted by Crippen LogP contribution is 2.32. The van der Waals surface area contributed by atoms with E-state index in [4.69, 9.17) is 16.6 Å². The summed E-state index contributed by atoms with van der Waals surface area (Å²) in [5, 5.41) is 11.6. The van der Waals surface area contributed by atoms with Gasteiger partial charge in [-0.1, -0.05) is 12.8 Å². The van der Waals surface area contributed by atoms with Crippen LogP contribution in [-0.2, 0) is 14.4 Å². The molecule has 0 aromatic rings. The van der Waals surface area contributed by atoms with Gasteiger partial charge in [-0.05, 0) is 12.8 Å². The van der Waals surface area contributed by atoms with Gasteiger partial charge in [0.15, 0.2) is 0 Å². The minimum absolute atomic E-state index is 0.123. The number of hydrogen-bond acceptors (Lipinski definition) is 4. The lowest BCUT2D eigenvalue weighted by Crippen LogP contribution is -2.54. The summed E-state index contributed by atoms with van der Waals surface area (Å²) >= 11 is 0. The van der Waals surface area contributed by atoms with E-state index in [-0.39, 0.29) is 12.8 Å². The Morgan fingerprint density at radius 3 is 2.28 bits per heavy atom. The van der Waals surface area contributed by atoms with Crippen molar-refractivity contribution in [3.05, 3.63) is 0 Å². The van der Waals surface area contributed by atoms with E-state index in [9.17, 15) is 14.4 Å². The van der Waals surface area contributed by atoms with Gasteiger partial charge in [-0.3, -0.25) is 14.4 Å². The average Bonchev–Trinajstić information content (AvgIpc) is 2.63. The summed E-state index contributed by atoms with van der Waals surface area (Å²) in [5.41, 5.74) is 9.76. The van der Waals surface area contributed by atoms with Crippen LogP contribution in [0.1, 0.15) is 38.5 Å². The van der Waals surface area contributed by atoms with E-state index in [1.54, 1.807) is 0 Å². The molecule has 0 spiro atoms. The van der Waals surface area contributed by atoms with Crippen LogP contribution in [0.4, 0.5) is 0 Å². The quantitative estimate of drug-likeness (QED) is 0.488. The largest absolute Gasteiger partial charge is 0.481 e. The number of carboxylic acid groups (broad SMARTS) is 1. The number of hydrogen-bond donors (Lipinski definition) is 4. The molecule has 0 aliphatic heterocycles. The second-order valence-electron chi connectivity index (χ2n) is 4.82. The van der Waals surface area contributed by atoms with Crippen molar-refractivity contribution in [2.24, 2.45) is 11.5 Å². The van der Waals surface area contributed by atoms with Crippen LogP contribution in [0.2, 0.25) is 0 Å². The lowest BCUT2D eigenvalue weighted by Gasteiger charge is -2.29. The molecule has 1 aliphatic rings. The number of amides is 2. The number of carbonyl (C=O) groups is 3. The summed E-state index contributed by atoms with van der Waals surface area (Å²) in [4.78, 5) is 33.3. The minimum Gasteiger partial charge on any atom is -0.481 e. The van der Waals surface area contributed by atoms with E-state index >= 15 is 0 Å². The monoisotopic (exact) mass is 257 g/mol. The minimum atomic E-state index is -1.02. The molecule has 102 valence electrons. The van der Waals surface area contributed by atoms with Crippen molar-refractivity contribution in [3.63, 3.8) is 0 Å². The molecule has 7 heteroatoms. The zero-order valence-electron chi connectivity index (χ0n) is 10.1. The van der Waals surface area contributed by atoms with Gasteiger partial charge >= 0.3 is 5.97 Å². The van der Waals surface area contributed by atoms with Crippen LogP contribution in [0.25, 0.3) is 0 Å². The standard InChI is InChI=1S/C11H19N3O4/c12-7(5-8(13)15)10(18)14-11(6-9(16)17)3-1-2-4-11/h7H,1-6,12H2,(H2,13,15)(H,14,18)(H,16,17). The first-order valence-electron chi connectivity index (χ1n) is 5.92. The van der Waals surface area contributed by atoms with Gasteiger partial charge in [0.25, 0.3) is 0 Å². The van der Waals surface area contributed by atoms with Crippen molar-refractivity contribution in [2.75, 3.05) is 0 Å². The molecule has 1 atom stereocenters. The second kappa shape index (κ2) is 5.81. The average molecular weight is 257 g/mol. The van der Waals surface area contributed by atoms with Crippen LogP contribution in [0.15, 0.2) is 0 Å². The fourth-order valence-electron chi connectivity index (χ4n) is 2.35. The van der Waals surface area contributed by atoms with Crippen molar-refractivity contribution in [2.45, 2.75) is 50.1 Å². The molecule has 0 bridgehead atoms. The summed E-state index contributed by atoms with van der Waals surface area (Å²) in [5.74, 6) is -2.13. The van der Waals surface area contributed by atoms with Crippen LogP contribution >= 0.6 is 0 Å². The first kappa shape index (κ1) is 14.4. The first-order chi connectivity index (χ1) is 8.34. The van der Waals surface area contributed by atoms with Gasteiger partial charge in [0.2, 0.25) is 11.8 Å². The third kappa shape index (κ3) is 3.99. The number of carboxylic acids is 1. The fraction of sp³-hybridized carbons (Fsp3) is 0.727. The Morgan fingerprint density at radius 1 is 1.28 bits per heavy atom. The number of aliphatic carboxylic acids is 1. The van der Waals surface area contributed by atoms with E-state index in [0.29, 0.717) is 12.8 Å². The molecule has 0 heterocycles. The normalized spacial score (nSPS) is 19.2. The molecule has 1 saturated carbocycles. The lowest BCUT2D eigenvalue weighted by atomic mass is 9.92. The predicted octanol–water partition coefficient (Wildman–Crippen LogP) is -0.907. The van der Waals surface area contributed by atoms with Crippen molar-refractivity contribution in [1.82, 2.24) is 5.32 Å². The highest BCUT2D eigenvalue weighted by Gasteiger charge is 2.38. The maximum absolute atomic E-state index is 11.8. The van der Waals surface area contributed by atoms with E-state index in [1.807, 2.05) is 0 Å². The second-order valence-corrected chi connectivity index (χ2v) is 4.82. The Bertz CT molecular complexity index is 350. The number of nitrogens with one attached hydrogen (secondary N) is 1. The highest BCUT2D eigenvalue weighted by atomic mass is 16.4. The van der Waals surface area contributed by atoms with E-state index < -0.39 is 29.4 Å². The van der Waals surface area contributed by atoms with Crippen LogP contribution in [0.3, 0.4) is 0 Å². The zero-order chi connectivity index (χ0) is 13.8. The molecule has 6 N–H and O–H groups in total. The van der Waals surface area contributed by atoms with E-state index in [2.05, 4.69) is 5.32 Å².